The highest BCUT2D eigenvalue weighted by molar-refractivity contribution is 5.60. The van der Waals surface area contributed by atoms with Gasteiger partial charge in [0, 0.05) is 11.4 Å². The molecule has 0 spiro atoms. The van der Waals surface area contributed by atoms with Gasteiger partial charge in [0.2, 0.25) is 0 Å². The Morgan fingerprint density at radius 1 is 0.621 bits per heavy atom. The summed E-state index contributed by atoms with van der Waals surface area (Å²) >= 11 is 0. The Labute approximate surface area is 180 Å². The summed E-state index contributed by atoms with van der Waals surface area (Å²) in [6.07, 6.45) is 5.03. The smallest absolute Gasteiger partial charge is 0.0384 e. The van der Waals surface area contributed by atoms with Crippen LogP contribution in [0.4, 0.5) is 11.4 Å². The molecule has 1 N–H and O–H groups in total. The van der Waals surface area contributed by atoms with Crippen LogP contribution in [0.25, 0.3) is 0 Å². The van der Waals surface area contributed by atoms with Crippen molar-refractivity contribution in [3.63, 3.8) is 0 Å². The summed E-state index contributed by atoms with van der Waals surface area (Å²) in [6, 6.07) is 18.0. The molecule has 0 aromatic heterocycles. The van der Waals surface area contributed by atoms with E-state index >= 15 is 0 Å². The predicted molar refractivity (Wildman–Crippen MR) is 130 cm³/mol. The van der Waals surface area contributed by atoms with Crippen molar-refractivity contribution in [1.29, 1.82) is 0 Å². The topological polar surface area (TPSA) is 12.0 Å². The third kappa shape index (κ3) is 5.65. The number of rotatable bonds is 10. The molecule has 0 saturated carbocycles. The van der Waals surface area contributed by atoms with E-state index in [0.29, 0.717) is 11.8 Å². The zero-order valence-electron chi connectivity index (χ0n) is 20.1. The first-order valence-electron chi connectivity index (χ1n) is 11.6. The largest absolute Gasteiger partial charge is 0.356 e. The molecular formula is C28H43N. The van der Waals surface area contributed by atoms with Crippen LogP contribution < -0.4 is 5.32 Å². The van der Waals surface area contributed by atoms with E-state index < -0.39 is 0 Å². The Bertz CT molecular complexity index is 671. The summed E-state index contributed by atoms with van der Waals surface area (Å²) in [4.78, 5) is 0. The van der Waals surface area contributed by atoms with Crippen molar-refractivity contribution in [3.8, 4) is 0 Å². The van der Waals surface area contributed by atoms with Gasteiger partial charge >= 0.3 is 0 Å². The Morgan fingerprint density at radius 3 is 1.21 bits per heavy atom. The molecule has 2 rings (SSSR count). The Morgan fingerprint density at radius 2 is 0.931 bits per heavy atom. The first-order valence-corrected chi connectivity index (χ1v) is 11.6. The maximum absolute atomic E-state index is 3.57. The maximum atomic E-state index is 3.57. The first kappa shape index (κ1) is 23.5. The van der Waals surface area contributed by atoms with Gasteiger partial charge < -0.3 is 5.32 Å². The van der Waals surface area contributed by atoms with Crippen molar-refractivity contribution in [2.75, 3.05) is 5.32 Å². The van der Waals surface area contributed by atoms with E-state index in [0.717, 1.165) is 11.4 Å². The van der Waals surface area contributed by atoms with Gasteiger partial charge in [-0.3, -0.25) is 0 Å². The number of hydrogen-bond acceptors (Lipinski definition) is 1. The van der Waals surface area contributed by atoms with Crippen molar-refractivity contribution in [1.82, 2.24) is 0 Å². The molecule has 1 heteroatoms. The minimum absolute atomic E-state index is 0.205. The van der Waals surface area contributed by atoms with Crippen LogP contribution in [-0.4, -0.2) is 0 Å². The van der Waals surface area contributed by atoms with Gasteiger partial charge in [-0.1, -0.05) is 105 Å². The van der Waals surface area contributed by atoms with Crippen molar-refractivity contribution < 1.29 is 0 Å². The van der Waals surface area contributed by atoms with E-state index in [4.69, 9.17) is 0 Å². The van der Waals surface area contributed by atoms with Gasteiger partial charge in [0.05, 0.1) is 0 Å². The van der Waals surface area contributed by atoms with Crippen LogP contribution in [0.3, 0.4) is 0 Å². The van der Waals surface area contributed by atoms with Gasteiger partial charge in [0.15, 0.2) is 0 Å². The highest BCUT2D eigenvalue weighted by atomic mass is 14.9. The highest BCUT2D eigenvalue weighted by Crippen LogP contribution is 2.36. The summed E-state index contributed by atoms with van der Waals surface area (Å²) in [5.41, 5.74) is 5.56. The van der Waals surface area contributed by atoms with E-state index in [2.05, 4.69) is 109 Å². The van der Waals surface area contributed by atoms with Crippen molar-refractivity contribution in [2.24, 2.45) is 11.8 Å². The lowest BCUT2D eigenvalue weighted by atomic mass is 9.72. The molecule has 2 aromatic rings. The van der Waals surface area contributed by atoms with Gasteiger partial charge in [-0.2, -0.15) is 0 Å². The number of hydrogen-bond donors (Lipinski definition) is 1. The van der Waals surface area contributed by atoms with E-state index in [-0.39, 0.29) is 10.8 Å². The lowest BCUT2D eigenvalue weighted by Crippen LogP contribution is -2.26. The molecule has 2 unspecified atom stereocenters. The highest BCUT2D eigenvalue weighted by Gasteiger charge is 2.28. The second-order valence-corrected chi connectivity index (χ2v) is 10.1. The summed E-state index contributed by atoms with van der Waals surface area (Å²) in [5.74, 6) is 1.36. The number of benzene rings is 2. The van der Waals surface area contributed by atoms with E-state index in [1.807, 2.05) is 0 Å². The first-order chi connectivity index (χ1) is 13.6. The average Bonchev–Trinajstić information content (AvgIpc) is 2.69. The normalized spacial score (nSPS) is 14.5. The second kappa shape index (κ2) is 9.83. The van der Waals surface area contributed by atoms with E-state index in [1.165, 1.54) is 36.8 Å². The molecule has 160 valence electrons. The lowest BCUT2D eigenvalue weighted by molar-refractivity contribution is 0.322. The fourth-order valence-corrected chi connectivity index (χ4v) is 4.29. The van der Waals surface area contributed by atoms with Crippen molar-refractivity contribution in [2.45, 2.75) is 91.9 Å². The zero-order valence-corrected chi connectivity index (χ0v) is 20.1. The summed E-state index contributed by atoms with van der Waals surface area (Å²) in [7, 11) is 0. The fourth-order valence-electron chi connectivity index (χ4n) is 4.29. The number of nitrogens with one attached hydrogen (secondary N) is 1. The summed E-state index contributed by atoms with van der Waals surface area (Å²) in [5, 5.41) is 3.57. The molecule has 0 amide bonds. The van der Waals surface area contributed by atoms with Crippen LogP contribution in [0, 0.1) is 11.8 Å². The molecule has 29 heavy (non-hydrogen) atoms. The fraction of sp³-hybridized carbons (Fsp3) is 0.571. The van der Waals surface area contributed by atoms with Gasteiger partial charge in [0.25, 0.3) is 0 Å². The monoisotopic (exact) mass is 393 g/mol. The summed E-state index contributed by atoms with van der Waals surface area (Å²) in [6.45, 7) is 18.8. The van der Waals surface area contributed by atoms with E-state index in [1.54, 1.807) is 0 Å². The molecule has 0 aliphatic rings. The molecule has 0 bridgehead atoms. The summed E-state index contributed by atoms with van der Waals surface area (Å²) < 4.78 is 0. The van der Waals surface area contributed by atoms with Crippen molar-refractivity contribution in [3.05, 3.63) is 59.7 Å². The third-order valence-electron chi connectivity index (χ3n) is 7.45. The van der Waals surface area contributed by atoms with Crippen LogP contribution in [-0.2, 0) is 10.8 Å². The molecule has 0 heterocycles. The maximum Gasteiger partial charge on any atom is 0.0384 e. The predicted octanol–water partition coefficient (Wildman–Crippen LogP) is 8.86. The Kier molecular flexibility index (Phi) is 7.97. The minimum Gasteiger partial charge on any atom is -0.356 e. The lowest BCUT2D eigenvalue weighted by Gasteiger charge is -2.33. The van der Waals surface area contributed by atoms with Crippen LogP contribution in [0.15, 0.2) is 48.5 Å². The molecule has 0 aliphatic heterocycles. The molecule has 0 fully saturated rings. The van der Waals surface area contributed by atoms with Gasteiger partial charge in [-0.05, 0) is 58.1 Å². The molecule has 0 radical (unpaired) electrons. The third-order valence-corrected chi connectivity index (χ3v) is 7.45. The van der Waals surface area contributed by atoms with Gasteiger partial charge in [-0.15, -0.1) is 0 Å². The van der Waals surface area contributed by atoms with Crippen molar-refractivity contribution >= 4 is 11.4 Å². The van der Waals surface area contributed by atoms with E-state index in [9.17, 15) is 0 Å². The van der Waals surface area contributed by atoms with Gasteiger partial charge in [-0.25, -0.2) is 0 Å². The molecule has 0 aliphatic carbocycles. The minimum atomic E-state index is 0.205. The quantitative estimate of drug-likeness (QED) is 0.425. The van der Waals surface area contributed by atoms with Crippen LogP contribution in [0.5, 0.6) is 0 Å². The molecule has 2 atom stereocenters. The average molecular weight is 394 g/mol. The zero-order chi connectivity index (χ0) is 21.7. The molecule has 1 nitrogen and oxygen atoms in total. The Hall–Kier alpha value is -1.76. The van der Waals surface area contributed by atoms with Crippen LogP contribution in [0.1, 0.15) is 92.2 Å². The molecular weight excluding hydrogens is 350 g/mol. The van der Waals surface area contributed by atoms with Gasteiger partial charge in [0.1, 0.15) is 0 Å². The van der Waals surface area contributed by atoms with Crippen LogP contribution >= 0.6 is 0 Å². The SMILES string of the molecule is CCCC(C)C(C)(C)c1ccc(Nc2ccc(C(C)(C)C(C)CCC)cc2)cc1. The Balaban J connectivity index is 2.09. The standard InChI is InChI=1S/C28H43N/c1-9-11-21(3)27(5,6)23-13-17-25(18-14-23)29-26-19-15-24(16-20-26)28(7,8)22(4)12-10-2/h13-22,29H,9-12H2,1-8H3. The van der Waals surface area contributed by atoms with Crippen LogP contribution in [0.2, 0.25) is 0 Å². The number of anilines is 2. The second-order valence-electron chi connectivity index (χ2n) is 10.1. The molecule has 0 saturated heterocycles. The molecule has 2 aromatic carbocycles.